The van der Waals surface area contributed by atoms with Gasteiger partial charge in [0.1, 0.15) is 5.25 Å². The molecule has 3 rings (SSSR count). The first kappa shape index (κ1) is 16.2. The molecular weight excluding hydrogens is 326 g/mol. The summed E-state index contributed by atoms with van der Waals surface area (Å²) in [5.74, 6) is -0.0236. The molecule has 122 valence electrons. The van der Waals surface area contributed by atoms with Crippen molar-refractivity contribution in [2.45, 2.75) is 12.2 Å². The quantitative estimate of drug-likeness (QED) is 0.628. The van der Waals surface area contributed by atoms with E-state index in [2.05, 4.69) is 4.99 Å². The second-order valence-electron chi connectivity index (χ2n) is 5.43. The zero-order valence-electron chi connectivity index (χ0n) is 13.2. The third-order valence-corrected chi connectivity index (χ3v) is 5.06. The molecule has 0 aromatic heterocycles. The summed E-state index contributed by atoms with van der Waals surface area (Å²) in [5, 5.41) is 11.1. The standard InChI is InChI=1S/C17H15N3O3S/c1-11-10-13(20(22)23)8-9-14(11)18-17-19(2)16(21)15(24-17)12-6-4-3-5-7-12/h3-10,15H,1-2H3. The molecule has 0 radical (unpaired) electrons. The molecule has 1 aliphatic heterocycles. The number of hydrogen-bond acceptors (Lipinski definition) is 5. The Morgan fingerprint density at radius 3 is 2.54 bits per heavy atom. The van der Waals surface area contributed by atoms with Crippen LogP contribution in [-0.2, 0) is 4.79 Å². The number of amides is 1. The summed E-state index contributed by atoms with van der Waals surface area (Å²) >= 11 is 1.39. The van der Waals surface area contributed by atoms with Gasteiger partial charge in [0.05, 0.1) is 10.6 Å². The number of nitro groups is 1. The Morgan fingerprint density at radius 2 is 1.92 bits per heavy atom. The number of non-ortho nitro benzene ring substituents is 1. The third kappa shape index (κ3) is 3.03. The van der Waals surface area contributed by atoms with Gasteiger partial charge < -0.3 is 0 Å². The zero-order chi connectivity index (χ0) is 17.3. The van der Waals surface area contributed by atoms with Crippen LogP contribution in [0.2, 0.25) is 0 Å². The number of amidine groups is 1. The van der Waals surface area contributed by atoms with E-state index in [1.165, 1.54) is 28.8 Å². The maximum atomic E-state index is 12.5. The average Bonchev–Trinajstić information content (AvgIpc) is 2.86. The van der Waals surface area contributed by atoms with Gasteiger partial charge in [-0.25, -0.2) is 4.99 Å². The van der Waals surface area contributed by atoms with Crippen molar-refractivity contribution >= 4 is 34.2 Å². The molecule has 0 bridgehead atoms. The molecule has 1 amide bonds. The fourth-order valence-corrected chi connectivity index (χ4v) is 3.59. The Bertz CT molecular complexity index is 836. The first-order valence-electron chi connectivity index (χ1n) is 7.30. The molecular formula is C17H15N3O3S. The Hall–Kier alpha value is -2.67. The van der Waals surface area contributed by atoms with Crippen LogP contribution in [0.5, 0.6) is 0 Å². The summed E-state index contributed by atoms with van der Waals surface area (Å²) in [7, 11) is 1.69. The van der Waals surface area contributed by atoms with Crippen molar-refractivity contribution in [1.82, 2.24) is 4.90 Å². The molecule has 1 aliphatic rings. The second-order valence-corrected chi connectivity index (χ2v) is 6.50. The summed E-state index contributed by atoms with van der Waals surface area (Å²) < 4.78 is 0. The molecule has 0 spiro atoms. The molecule has 1 unspecified atom stereocenters. The van der Waals surface area contributed by atoms with Crippen molar-refractivity contribution in [3.05, 3.63) is 69.8 Å². The molecule has 1 atom stereocenters. The number of nitrogens with zero attached hydrogens (tertiary/aromatic N) is 3. The van der Waals surface area contributed by atoms with Crippen LogP contribution in [0.3, 0.4) is 0 Å². The maximum Gasteiger partial charge on any atom is 0.269 e. The van der Waals surface area contributed by atoms with Crippen LogP contribution in [-0.4, -0.2) is 27.9 Å². The highest BCUT2D eigenvalue weighted by Gasteiger charge is 2.36. The molecule has 6 nitrogen and oxygen atoms in total. The molecule has 1 fully saturated rings. The summed E-state index contributed by atoms with van der Waals surface area (Å²) in [6.07, 6.45) is 0. The van der Waals surface area contributed by atoms with E-state index in [1.807, 2.05) is 30.3 Å². The number of nitro benzene ring substituents is 1. The first-order chi connectivity index (χ1) is 11.5. The van der Waals surface area contributed by atoms with Crippen molar-refractivity contribution in [3.8, 4) is 0 Å². The summed E-state index contributed by atoms with van der Waals surface area (Å²) in [6.45, 7) is 1.77. The molecule has 0 aliphatic carbocycles. The average molecular weight is 341 g/mol. The number of carbonyl (C=O) groups excluding carboxylic acids is 1. The van der Waals surface area contributed by atoms with Gasteiger partial charge in [-0.15, -0.1) is 0 Å². The van der Waals surface area contributed by atoms with Crippen LogP contribution in [0.15, 0.2) is 53.5 Å². The minimum atomic E-state index is -0.435. The molecule has 0 saturated carbocycles. The lowest BCUT2D eigenvalue weighted by molar-refractivity contribution is -0.384. The van der Waals surface area contributed by atoms with E-state index >= 15 is 0 Å². The predicted molar refractivity (Wildman–Crippen MR) is 94.5 cm³/mol. The number of rotatable bonds is 3. The highest BCUT2D eigenvalue weighted by Crippen LogP contribution is 2.40. The lowest BCUT2D eigenvalue weighted by Crippen LogP contribution is -2.25. The van der Waals surface area contributed by atoms with E-state index in [9.17, 15) is 14.9 Å². The van der Waals surface area contributed by atoms with E-state index in [0.717, 1.165) is 5.56 Å². The molecule has 1 heterocycles. The minimum absolute atomic E-state index is 0.0236. The van der Waals surface area contributed by atoms with Gasteiger partial charge in [0.25, 0.3) is 5.69 Å². The van der Waals surface area contributed by atoms with Gasteiger partial charge in [-0.05, 0) is 24.1 Å². The topological polar surface area (TPSA) is 75.8 Å². The number of thioether (sulfide) groups is 1. The number of aliphatic imine (C=N–C) groups is 1. The van der Waals surface area contributed by atoms with Crippen LogP contribution < -0.4 is 0 Å². The van der Waals surface area contributed by atoms with Crippen LogP contribution in [0.1, 0.15) is 16.4 Å². The summed E-state index contributed by atoms with van der Waals surface area (Å²) in [4.78, 5) is 28.9. The van der Waals surface area contributed by atoms with Crippen LogP contribution in [0, 0.1) is 17.0 Å². The minimum Gasteiger partial charge on any atom is -0.293 e. The normalized spacial score (nSPS) is 19.1. The van der Waals surface area contributed by atoms with Gasteiger partial charge in [0.2, 0.25) is 5.91 Å². The Morgan fingerprint density at radius 1 is 1.21 bits per heavy atom. The molecule has 2 aromatic carbocycles. The van der Waals surface area contributed by atoms with Crippen molar-refractivity contribution in [1.29, 1.82) is 0 Å². The maximum absolute atomic E-state index is 12.5. The van der Waals surface area contributed by atoms with Gasteiger partial charge in [-0.2, -0.15) is 0 Å². The van der Waals surface area contributed by atoms with Gasteiger partial charge in [-0.1, -0.05) is 42.1 Å². The number of benzene rings is 2. The largest absolute Gasteiger partial charge is 0.293 e. The van der Waals surface area contributed by atoms with Crippen LogP contribution in [0.4, 0.5) is 11.4 Å². The third-order valence-electron chi connectivity index (χ3n) is 3.77. The predicted octanol–water partition coefficient (Wildman–Crippen LogP) is 3.84. The van der Waals surface area contributed by atoms with Gasteiger partial charge in [0.15, 0.2) is 5.17 Å². The highest BCUT2D eigenvalue weighted by atomic mass is 32.2. The highest BCUT2D eigenvalue weighted by molar-refractivity contribution is 8.15. The Labute approximate surface area is 143 Å². The fourth-order valence-electron chi connectivity index (χ4n) is 2.43. The fraction of sp³-hybridized carbons (Fsp3) is 0.176. The number of carbonyl (C=O) groups is 1. The number of likely N-dealkylation sites (N-methyl/N-ethyl adjacent to an activating group) is 1. The Kier molecular flexibility index (Phi) is 4.35. The van der Waals surface area contributed by atoms with E-state index in [4.69, 9.17) is 0 Å². The zero-order valence-corrected chi connectivity index (χ0v) is 14.0. The monoisotopic (exact) mass is 341 g/mol. The Balaban J connectivity index is 1.91. The van der Waals surface area contributed by atoms with Gasteiger partial charge in [0, 0.05) is 19.2 Å². The van der Waals surface area contributed by atoms with Gasteiger partial charge >= 0.3 is 0 Å². The molecule has 2 aromatic rings. The van der Waals surface area contributed by atoms with Gasteiger partial charge in [-0.3, -0.25) is 19.8 Å². The smallest absolute Gasteiger partial charge is 0.269 e. The lowest BCUT2D eigenvalue weighted by Gasteiger charge is -2.09. The number of aryl methyl sites for hydroxylation is 1. The summed E-state index contributed by atoms with van der Waals surface area (Å²) in [6, 6.07) is 14.1. The van der Waals surface area contributed by atoms with E-state index < -0.39 is 4.92 Å². The molecule has 0 N–H and O–H groups in total. The van der Waals surface area contributed by atoms with Crippen LogP contribution >= 0.6 is 11.8 Å². The van der Waals surface area contributed by atoms with E-state index in [0.29, 0.717) is 16.4 Å². The second kappa shape index (κ2) is 6.45. The molecule has 24 heavy (non-hydrogen) atoms. The number of hydrogen-bond donors (Lipinski definition) is 0. The van der Waals surface area contributed by atoms with Crippen molar-refractivity contribution in [3.63, 3.8) is 0 Å². The first-order valence-corrected chi connectivity index (χ1v) is 8.18. The van der Waals surface area contributed by atoms with Crippen molar-refractivity contribution < 1.29 is 9.72 Å². The van der Waals surface area contributed by atoms with E-state index in [1.54, 1.807) is 20.0 Å². The SMILES string of the molecule is Cc1cc([N+](=O)[O-])ccc1N=C1SC(c2ccccc2)C(=O)N1C. The van der Waals surface area contributed by atoms with Crippen molar-refractivity contribution in [2.24, 2.45) is 4.99 Å². The molecule has 7 heteroatoms. The van der Waals surface area contributed by atoms with E-state index in [-0.39, 0.29) is 16.8 Å². The van der Waals surface area contributed by atoms with Crippen molar-refractivity contribution in [2.75, 3.05) is 7.05 Å². The summed E-state index contributed by atoms with van der Waals surface area (Å²) in [5.41, 5.74) is 2.28. The molecule has 1 saturated heterocycles. The van der Waals surface area contributed by atoms with Crippen LogP contribution in [0.25, 0.3) is 0 Å². The lowest BCUT2D eigenvalue weighted by atomic mass is 10.1.